The van der Waals surface area contributed by atoms with Gasteiger partial charge >= 0.3 is 0 Å². The van der Waals surface area contributed by atoms with Gasteiger partial charge in [-0.3, -0.25) is 9.38 Å². The first-order chi connectivity index (χ1) is 13.8. The van der Waals surface area contributed by atoms with Crippen molar-refractivity contribution in [2.75, 3.05) is 13.2 Å². The highest BCUT2D eigenvalue weighted by atomic mass is 32.2. The van der Waals surface area contributed by atoms with Gasteiger partial charge < -0.3 is 4.74 Å². The summed E-state index contributed by atoms with van der Waals surface area (Å²) in [5, 5.41) is 9.85. The van der Waals surface area contributed by atoms with Crippen molar-refractivity contribution >= 4 is 28.4 Å². The van der Waals surface area contributed by atoms with Crippen LogP contribution in [0.15, 0.2) is 70.8 Å². The number of ether oxygens (including phenoxy) is 1. The summed E-state index contributed by atoms with van der Waals surface area (Å²) in [5.74, 6) is 0. The number of benzene rings is 2. The second kappa shape index (κ2) is 6.93. The SMILES string of the molecule is N#CC1(c2cccc(Sc3ccc4ncc5nccn5c4c3)c2)CCOCC1. The highest BCUT2D eigenvalue weighted by Gasteiger charge is 2.34. The Morgan fingerprint density at radius 3 is 2.79 bits per heavy atom. The molecule has 0 aliphatic carbocycles. The highest BCUT2D eigenvalue weighted by Crippen LogP contribution is 2.37. The normalized spacial score (nSPS) is 16.2. The number of imidazole rings is 1. The lowest BCUT2D eigenvalue weighted by Gasteiger charge is -2.31. The van der Waals surface area contributed by atoms with Crippen LogP contribution in [0.4, 0.5) is 0 Å². The van der Waals surface area contributed by atoms with Crippen molar-refractivity contribution in [1.82, 2.24) is 14.4 Å². The monoisotopic (exact) mass is 386 g/mol. The van der Waals surface area contributed by atoms with Crippen molar-refractivity contribution in [3.8, 4) is 6.07 Å². The fraction of sp³-hybridized carbons (Fsp3) is 0.227. The molecule has 1 saturated heterocycles. The minimum atomic E-state index is -0.439. The van der Waals surface area contributed by atoms with Crippen molar-refractivity contribution < 1.29 is 4.74 Å². The van der Waals surface area contributed by atoms with Gasteiger partial charge in [-0.2, -0.15) is 5.26 Å². The summed E-state index contributed by atoms with van der Waals surface area (Å²) < 4.78 is 7.52. The third-order valence-corrected chi connectivity index (χ3v) is 6.36. The van der Waals surface area contributed by atoms with Crippen molar-refractivity contribution in [1.29, 1.82) is 5.26 Å². The summed E-state index contributed by atoms with van der Waals surface area (Å²) in [6, 6.07) is 17.2. The first-order valence-electron chi connectivity index (χ1n) is 9.27. The van der Waals surface area contributed by atoms with E-state index in [4.69, 9.17) is 4.74 Å². The van der Waals surface area contributed by atoms with Crippen molar-refractivity contribution in [2.24, 2.45) is 0 Å². The topological polar surface area (TPSA) is 63.2 Å². The minimum absolute atomic E-state index is 0.439. The van der Waals surface area contributed by atoms with Crippen LogP contribution in [0.1, 0.15) is 18.4 Å². The fourth-order valence-corrected chi connectivity index (χ4v) is 4.70. The lowest BCUT2D eigenvalue weighted by atomic mass is 9.75. The van der Waals surface area contributed by atoms with E-state index in [1.165, 1.54) is 0 Å². The fourth-order valence-electron chi connectivity index (χ4n) is 3.79. The minimum Gasteiger partial charge on any atom is -0.381 e. The Hall–Kier alpha value is -2.88. The maximum Gasteiger partial charge on any atom is 0.155 e. The number of hydrogen-bond acceptors (Lipinski definition) is 5. The van der Waals surface area contributed by atoms with Gasteiger partial charge in [0.1, 0.15) is 0 Å². The summed E-state index contributed by atoms with van der Waals surface area (Å²) >= 11 is 1.70. The van der Waals surface area contributed by atoms with E-state index in [2.05, 4.69) is 50.8 Å². The predicted molar refractivity (Wildman–Crippen MR) is 108 cm³/mol. The van der Waals surface area contributed by atoms with E-state index in [0.29, 0.717) is 13.2 Å². The quantitative estimate of drug-likeness (QED) is 0.515. The second-order valence-corrected chi connectivity index (χ2v) is 8.15. The molecule has 28 heavy (non-hydrogen) atoms. The molecule has 2 aromatic carbocycles. The summed E-state index contributed by atoms with van der Waals surface area (Å²) in [6.07, 6.45) is 7.02. The van der Waals surface area contributed by atoms with Gasteiger partial charge in [-0.05, 0) is 48.7 Å². The third kappa shape index (κ3) is 2.93. The van der Waals surface area contributed by atoms with Gasteiger partial charge in [0, 0.05) is 35.4 Å². The van der Waals surface area contributed by atoms with Gasteiger partial charge in [-0.1, -0.05) is 23.9 Å². The van der Waals surface area contributed by atoms with E-state index in [1.54, 1.807) is 24.2 Å². The maximum absolute atomic E-state index is 9.85. The molecule has 3 heterocycles. The van der Waals surface area contributed by atoms with Crippen molar-refractivity contribution in [3.63, 3.8) is 0 Å². The molecule has 4 aromatic rings. The Bertz CT molecular complexity index is 1200. The smallest absolute Gasteiger partial charge is 0.155 e. The molecule has 2 aromatic heterocycles. The molecular weight excluding hydrogens is 368 g/mol. The molecule has 1 aliphatic rings. The van der Waals surface area contributed by atoms with E-state index in [0.717, 1.165) is 44.9 Å². The number of rotatable bonds is 3. The van der Waals surface area contributed by atoms with Crippen LogP contribution < -0.4 is 0 Å². The van der Waals surface area contributed by atoms with Gasteiger partial charge in [-0.15, -0.1) is 0 Å². The lowest BCUT2D eigenvalue weighted by Crippen LogP contribution is -2.32. The predicted octanol–water partition coefficient (Wildman–Crippen LogP) is 4.61. The first-order valence-corrected chi connectivity index (χ1v) is 10.1. The highest BCUT2D eigenvalue weighted by molar-refractivity contribution is 7.99. The Kier molecular flexibility index (Phi) is 4.27. The third-order valence-electron chi connectivity index (χ3n) is 5.38. The number of nitrogens with zero attached hydrogens (tertiary/aromatic N) is 4. The lowest BCUT2D eigenvalue weighted by molar-refractivity contribution is 0.0675. The molecule has 0 saturated carbocycles. The number of aromatic nitrogens is 3. The maximum atomic E-state index is 9.85. The van der Waals surface area contributed by atoms with Crippen molar-refractivity contribution in [3.05, 3.63) is 66.6 Å². The van der Waals surface area contributed by atoms with Crippen molar-refractivity contribution in [2.45, 2.75) is 28.0 Å². The molecule has 0 bridgehead atoms. The largest absolute Gasteiger partial charge is 0.381 e. The van der Waals surface area contributed by atoms with Crippen LogP contribution in [0.2, 0.25) is 0 Å². The van der Waals surface area contributed by atoms with Crippen LogP contribution in [0.25, 0.3) is 16.7 Å². The standard InChI is InChI=1S/C22H18N4OS/c23-15-22(6-10-27-11-7-22)16-2-1-3-17(12-16)28-18-4-5-19-20(13-18)26-9-8-24-21(26)14-25-19/h1-5,8-9,12-14H,6-7,10-11H2. The van der Waals surface area contributed by atoms with Gasteiger partial charge in [0.2, 0.25) is 0 Å². The zero-order chi connectivity index (χ0) is 19.0. The summed E-state index contributed by atoms with van der Waals surface area (Å²) in [5.41, 5.74) is 3.46. The molecule has 0 amide bonds. The van der Waals surface area contributed by atoms with Gasteiger partial charge in [-0.25, -0.2) is 4.98 Å². The Labute approximate surface area is 167 Å². The molecule has 1 fully saturated rings. The molecule has 5 nitrogen and oxygen atoms in total. The summed E-state index contributed by atoms with van der Waals surface area (Å²) in [4.78, 5) is 11.1. The molecule has 1 aliphatic heterocycles. The van der Waals surface area contributed by atoms with Crippen LogP contribution in [-0.2, 0) is 10.2 Å². The van der Waals surface area contributed by atoms with E-state index in [9.17, 15) is 5.26 Å². The van der Waals surface area contributed by atoms with Gasteiger partial charge in [0.15, 0.2) is 5.65 Å². The summed E-state index contributed by atoms with van der Waals surface area (Å²) in [6.45, 7) is 1.28. The molecule has 0 radical (unpaired) electrons. The van der Waals surface area contributed by atoms with Gasteiger partial charge in [0.25, 0.3) is 0 Å². The zero-order valence-corrected chi connectivity index (χ0v) is 16.0. The molecule has 0 spiro atoms. The van der Waals surface area contributed by atoms with Crippen LogP contribution in [0.3, 0.4) is 0 Å². The molecule has 0 unspecified atom stereocenters. The average Bonchev–Trinajstić information content (AvgIpc) is 3.24. The molecule has 5 rings (SSSR count). The average molecular weight is 386 g/mol. The molecule has 138 valence electrons. The zero-order valence-electron chi connectivity index (χ0n) is 15.2. The van der Waals surface area contributed by atoms with Crippen LogP contribution >= 0.6 is 11.8 Å². The Morgan fingerprint density at radius 1 is 1.07 bits per heavy atom. The molecular formula is C22H18N4OS. The molecule has 6 heteroatoms. The van der Waals surface area contributed by atoms with E-state index in [1.807, 2.05) is 18.3 Å². The molecule has 0 N–H and O–H groups in total. The van der Waals surface area contributed by atoms with Crippen LogP contribution in [0, 0.1) is 11.3 Å². The summed E-state index contributed by atoms with van der Waals surface area (Å²) in [7, 11) is 0. The van der Waals surface area contributed by atoms with E-state index in [-0.39, 0.29) is 0 Å². The van der Waals surface area contributed by atoms with Crippen LogP contribution in [0.5, 0.6) is 0 Å². The Morgan fingerprint density at radius 2 is 1.93 bits per heavy atom. The van der Waals surface area contributed by atoms with E-state index < -0.39 is 5.41 Å². The number of hydrogen-bond donors (Lipinski definition) is 0. The number of fused-ring (bicyclic) bond motifs is 3. The van der Waals surface area contributed by atoms with Gasteiger partial charge in [0.05, 0.1) is 28.7 Å². The Balaban J connectivity index is 1.50. The second-order valence-electron chi connectivity index (χ2n) is 7.00. The van der Waals surface area contributed by atoms with E-state index >= 15 is 0 Å². The molecule has 0 atom stereocenters. The number of nitriles is 1. The van der Waals surface area contributed by atoms with Crippen LogP contribution in [-0.4, -0.2) is 27.6 Å². The first kappa shape index (κ1) is 17.2.